The number of carboxylic acid groups (broad SMARTS) is 1. The summed E-state index contributed by atoms with van der Waals surface area (Å²) in [6.07, 6.45) is 2.11. The van der Waals surface area contributed by atoms with E-state index in [2.05, 4.69) is 26.3 Å². The van der Waals surface area contributed by atoms with Crippen LogP contribution in [-0.4, -0.2) is 33.3 Å². The Bertz CT molecular complexity index is 680. The summed E-state index contributed by atoms with van der Waals surface area (Å²) in [7, 11) is 0. The summed E-state index contributed by atoms with van der Waals surface area (Å²) in [5, 5.41) is 15.6. The number of aryl methyl sites for hydroxylation is 1. The lowest BCUT2D eigenvalue weighted by Gasteiger charge is -2.02. The van der Waals surface area contributed by atoms with Crippen LogP contribution in [0, 0.1) is 6.92 Å². The first-order valence-electron chi connectivity index (χ1n) is 6.79. The Labute approximate surface area is 136 Å². The molecule has 0 aliphatic heterocycles. The van der Waals surface area contributed by atoms with Crippen molar-refractivity contribution >= 4 is 27.8 Å². The molecule has 0 saturated carbocycles. The Kier molecular flexibility index (Phi) is 5.32. The van der Waals surface area contributed by atoms with E-state index in [9.17, 15) is 9.59 Å². The zero-order valence-electron chi connectivity index (χ0n) is 12.0. The van der Waals surface area contributed by atoms with Gasteiger partial charge in [0.2, 0.25) is 0 Å². The second-order valence-corrected chi connectivity index (χ2v) is 5.72. The molecule has 1 heterocycles. The first kappa shape index (κ1) is 16.2. The topological polar surface area (TPSA) is 84.2 Å². The van der Waals surface area contributed by atoms with Crippen molar-refractivity contribution in [3.8, 4) is 5.69 Å². The van der Waals surface area contributed by atoms with E-state index in [1.165, 1.54) is 0 Å². The monoisotopic (exact) mass is 365 g/mol. The van der Waals surface area contributed by atoms with Crippen molar-refractivity contribution in [3.63, 3.8) is 0 Å². The molecule has 2 rings (SSSR count). The molecule has 0 radical (unpaired) electrons. The largest absolute Gasteiger partial charge is 0.481 e. The van der Waals surface area contributed by atoms with Crippen LogP contribution >= 0.6 is 15.9 Å². The highest BCUT2D eigenvalue weighted by Gasteiger charge is 2.13. The number of hydrogen-bond acceptors (Lipinski definition) is 3. The van der Waals surface area contributed by atoms with Gasteiger partial charge in [-0.3, -0.25) is 9.59 Å². The molecule has 2 aromatic rings. The number of nitrogens with one attached hydrogen (secondary N) is 1. The van der Waals surface area contributed by atoms with E-state index < -0.39 is 5.97 Å². The quantitative estimate of drug-likeness (QED) is 0.770. The highest BCUT2D eigenvalue weighted by molar-refractivity contribution is 9.10. The van der Waals surface area contributed by atoms with Crippen LogP contribution in [0.25, 0.3) is 5.69 Å². The summed E-state index contributed by atoms with van der Waals surface area (Å²) in [5.41, 5.74) is 1.97. The molecular weight excluding hydrogens is 350 g/mol. The standard InChI is InChI=1S/C15H16BrN3O3/c1-10-13(15(22)17-8-2-3-14(20)21)9-19(18-10)12-6-4-11(16)5-7-12/h4-7,9H,2-3,8H2,1H3,(H,17,22)(H,20,21). The normalized spacial score (nSPS) is 10.5. The molecule has 1 amide bonds. The Morgan fingerprint density at radius 2 is 2.00 bits per heavy atom. The predicted octanol–water partition coefficient (Wildman–Crippen LogP) is 2.54. The lowest BCUT2D eigenvalue weighted by atomic mass is 10.2. The van der Waals surface area contributed by atoms with Gasteiger partial charge in [-0.15, -0.1) is 0 Å². The van der Waals surface area contributed by atoms with Crippen LogP contribution in [0.5, 0.6) is 0 Å². The van der Waals surface area contributed by atoms with Gasteiger partial charge < -0.3 is 10.4 Å². The molecule has 22 heavy (non-hydrogen) atoms. The summed E-state index contributed by atoms with van der Waals surface area (Å²) in [5.74, 6) is -1.11. The Morgan fingerprint density at radius 1 is 1.32 bits per heavy atom. The minimum atomic E-state index is -0.867. The molecule has 0 aliphatic rings. The van der Waals surface area contributed by atoms with Crippen LogP contribution in [0.15, 0.2) is 34.9 Å². The van der Waals surface area contributed by atoms with Crippen molar-refractivity contribution in [2.24, 2.45) is 0 Å². The molecule has 0 saturated heterocycles. The predicted molar refractivity (Wildman–Crippen MR) is 85.2 cm³/mol. The fourth-order valence-electron chi connectivity index (χ4n) is 1.95. The molecule has 0 spiro atoms. The third-order valence-electron chi connectivity index (χ3n) is 3.09. The zero-order valence-corrected chi connectivity index (χ0v) is 13.6. The summed E-state index contributed by atoms with van der Waals surface area (Å²) >= 11 is 3.37. The van der Waals surface area contributed by atoms with E-state index in [0.29, 0.717) is 24.2 Å². The van der Waals surface area contributed by atoms with Gasteiger partial charge in [-0.2, -0.15) is 5.10 Å². The van der Waals surface area contributed by atoms with E-state index in [4.69, 9.17) is 5.11 Å². The maximum absolute atomic E-state index is 12.1. The van der Waals surface area contributed by atoms with E-state index in [1.807, 2.05) is 24.3 Å². The van der Waals surface area contributed by atoms with E-state index >= 15 is 0 Å². The van der Waals surface area contributed by atoms with Crippen molar-refractivity contribution < 1.29 is 14.7 Å². The highest BCUT2D eigenvalue weighted by atomic mass is 79.9. The first-order chi connectivity index (χ1) is 10.5. The molecule has 7 heteroatoms. The SMILES string of the molecule is Cc1nn(-c2ccc(Br)cc2)cc1C(=O)NCCCC(=O)O. The highest BCUT2D eigenvalue weighted by Crippen LogP contribution is 2.15. The summed E-state index contributed by atoms with van der Waals surface area (Å²) in [6, 6.07) is 7.59. The van der Waals surface area contributed by atoms with Gasteiger partial charge in [-0.1, -0.05) is 15.9 Å². The van der Waals surface area contributed by atoms with Crippen LogP contribution in [0.3, 0.4) is 0 Å². The maximum Gasteiger partial charge on any atom is 0.303 e. The molecule has 0 aliphatic carbocycles. The molecule has 6 nitrogen and oxygen atoms in total. The Morgan fingerprint density at radius 3 is 2.64 bits per heavy atom. The Hall–Kier alpha value is -2.15. The number of benzene rings is 1. The fraction of sp³-hybridized carbons (Fsp3) is 0.267. The molecule has 1 aromatic carbocycles. The minimum absolute atomic E-state index is 0.0391. The summed E-state index contributed by atoms with van der Waals surface area (Å²) in [4.78, 5) is 22.5. The van der Waals surface area contributed by atoms with Gasteiger partial charge in [0.1, 0.15) is 0 Å². The van der Waals surface area contributed by atoms with Gasteiger partial charge in [0.05, 0.1) is 16.9 Å². The van der Waals surface area contributed by atoms with Gasteiger partial charge in [0, 0.05) is 23.6 Å². The number of aliphatic carboxylic acids is 1. The minimum Gasteiger partial charge on any atom is -0.481 e. The van der Waals surface area contributed by atoms with Crippen LogP contribution in [0.1, 0.15) is 28.9 Å². The summed E-state index contributed by atoms with van der Waals surface area (Å²) < 4.78 is 2.62. The number of carbonyl (C=O) groups excluding carboxylic acids is 1. The molecule has 0 bridgehead atoms. The van der Waals surface area contributed by atoms with Crippen molar-refractivity contribution in [1.29, 1.82) is 0 Å². The van der Waals surface area contributed by atoms with Crippen molar-refractivity contribution in [2.45, 2.75) is 19.8 Å². The average Bonchev–Trinajstić information content (AvgIpc) is 2.86. The van der Waals surface area contributed by atoms with Gasteiger partial charge in [0.25, 0.3) is 5.91 Å². The van der Waals surface area contributed by atoms with Crippen molar-refractivity contribution in [2.75, 3.05) is 6.54 Å². The van der Waals surface area contributed by atoms with Crippen LogP contribution in [0.4, 0.5) is 0 Å². The van der Waals surface area contributed by atoms with Crippen LogP contribution in [0.2, 0.25) is 0 Å². The van der Waals surface area contributed by atoms with E-state index in [1.54, 1.807) is 17.8 Å². The van der Waals surface area contributed by atoms with Crippen molar-refractivity contribution in [3.05, 3.63) is 46.2 Å². The maximum atomic E-state index is 12.1. The number of rotatable bonds is 6. The smallest absolute Gasteiger partial charge is 0.303 e. The van der Waals surface area contributed by atoms with E-state index in [-0.39, 0.29) is 12.3 Å². The third kappa shape index (κ3) is 4.17. The molecule has 1 aromatic heterocycles. The zero-order chi connectivity index (χ0) is 16.1. The number of carbonyl (C=O) groups is 2. The number of aromatic nitrogens is 2. The Balaban J connectivity index is 2.04. The lowest BCUT2D eigenvalue weighted by molar-refractivity contribution is -0.137. The molecule has 116 valence electrons. The third-order valence-corrected chi connectivity index (χ3v) is 3.62. The van der Waals surface area contributed by atoms with Gasteiger partial charge in [0.15, 0.2) is 0 Å². The second kappa shape index (κ2) is 7.22. The summed E-state index contributed by atoms with van der Waals surface area (Å²) in [6.45, 7) is 2.09. The second-order valence-electron chi connectivity index (χ2n) is 4.80. The fourth-order valence-corrected chi connectivity index (χ4v) is 2.21. The average molecular weight is 366 g/mol. The molecule has 0 atom stereocenters. The molecule has 2 N–H and O–H groups in total. The van der Waals surface area contributed by atoms with Gasteiger partial charge in [-0.05, 0) is 37.6 Å². The number of carboxylic acids is 1. The number of hydrogen-bond donors (Lipinski definition) is 2. The van der Waals surface area contributed by atoms with E-state index in [0.717, 1.165) is 10.2 Å². The van der Waals surface area contributed by atoms with Crippen molar-refractivity contribution in [1.82, 2.24) is 15.1 Å². The number of halogens is 1. The van der Waals surface area contributed by atoms with Crippen LogP contribution < -0.4 is 5.32 Å². The molecule has 0 unspecified atom stereocenters. The van der Waals surface area contributed by atoms with Gasteiger partial charge in [-0.25, -0.2) is 4.68 Å². The molecule has 0 fully saturated rings. The first-order valence-corrected chi connectivity index (χ1v) is 7.59. The number of amides is 1. The number of nitrogens with zero attached hydrogens (tertiary/aromatic N) is 2. The van der Waals surface area contributed by atoms with Crippen LogP contribution in [-0.2, 0) is 4.79 Å². The van der Waals surface area contributed by atoms with Gasteiger partial charge >= 0.3 is 5.97 Å². The lowest BCUT2D eigenvalue weighted by Crippen LogP contribution is -2.25. The molecular formula is C15H16BrN3O3.